The van der Waals surface area contributed by atoms with Crippen molar-refractivity contribution in [3.05, 3.63) is 57.8 Å². The fourth-order valence-electron chi connectivity index (χ4n) is 2.43. The van der Waals surface area contributed by atoms with E-state index in [4.69, 9.17) is 0 Å². The number of carbonyl (C=O) groups is 1. The number of anilines is 1. The Balaban J connectivity index is 1.57. The number of nitrogens with one attached hydrogen (secondary N) is 2. The lowest BCUT2D eigenvalue weighted by Gasteiger charge is -2.07. The highest BCUT2D eigenvalue weighted by Crippen LogP contribution is 2.15. The SMILES string of the molecule is Cc1cc(C)cc(NC(=O)CSCc2cc(=O)n3[nH]cnc3n2)c1. The van der Waals surface area contributed by atoms with Crippen molar-refractivity contribution in [1.29, 1.82) is 0 Å². The molecule has 3 aromatic rings. The molecule has 2 heterocycles. The van der Waals surface area contributed by atoms with Crippen LogP contribution < -0.4 is 10.9 Å². The smallest absolute Gasteiger partial charge is 0.274 e. The van der Waals surface area contributed by atoms with Crippen molar-refractivity contribution in [2.75, 3.05) is 11.1 Å². The molecule has 0 aliphatic rings. The van der Waals surface area contributed by atoms with Crippen LogP contribution in [0.2, 0.25) is 0 Å². The zero-order valence-electron chi connectivity index (χ0n) is 13.4. The monoisotopic (exact) mass is 343 g/mol. The predicted molar refractivity (Wildman–Crippen MR) is 94.3 cm³/mol. The van der Waals surface area contributed by atoms with Crippen molar-refractivity contribution < 1.29 is 4.79 Å². The van der Waals surface area contributed by atoms with Gasteiger partial charge in [0.25, 0.3) is 11.3 Å². The Labute approximate surface area is 142 Å². The second-order valence-corrected chi connectivity index (χ2v) is 6.51. The molecule has 0 saturated carbocycles. The normalized spacial score (nSPS) is 10.9. The molecule has 1 amide bonds. The Hall–Kier alpha value is -2.61. The van der Waals surface area contributed by atoms with Gasteiger partial charge in [0.1, 0.15) is 6.33 Å². The molecular formula is C16H17N5O2S. The zero-order chi connectivity index (χ0) is 17.1. The molecule has 0 fully saturated rings. The Morgan fingerprint density at radius 1 is 1.25 bits per heavy atom. The van der Waals surface area contributed by atoms with E-state index in [2.05, 4.69) is 26.4 Å². The minimum atomic E-state index is -0.215. The fourth-order valence-corrected chi connectivity index (χ4v) is 3.15. The molecule has 0 bridgehead atoms. The van der Waals surface area contributed by atoms with Gasteiger partial charge in [0.05, 0.1) is 11.4 Å². The van der Waals surface area contributed by atoms with Crippen molar-refractivity contribution in [1.82, 2.24) is 19.6 Å². The summed E-state index contributed by atoms with van der Waals surface area (Å²) in [5.74, 6) is 1.01. The van der Waals surface area contributed by atoms with E-state index in [1.54, 1.807) is 0 Å². The van der Waals surface area contributed by atoms with Gasteiger partial charge in [-0.05, 0) is 37.1 Å². The number of thioether (sulfide) groups is 1. The van der Waals surface area contributed by atoms with Gasteiger partial charge in [-0.25, -0.2) is 9.97 Å². The number of H-pyrrole nitrogens is 1. The summed E-state index contributed by atoms with van der Waals surface area (Å²) in [6.45, 7) is 3.99. The maximum absolute atomic E-state index is 12.0. The molecule has 0 spiro atoms. The predicted octanol–water partition coefficient (Wildman–Crippen LogP) is 1.91. The second kappa shape index (κ2) is 6.88. The van der Waals surface area contributed by atoms with Crippen molar-refractivity contribution in [2.45, 2.75) is 19.6 Å². The van der Waals surface area contributed by atoms with Crippen molar-refractivity contribution >= 4 is 29.1 Å². The number of fused-ring (bicyclic) bond motifs is 1. The number of carbonyl (C=O) groups excluding carboxylic acids is 1. The first-order valence-electron chi connectivity index (χ1n) is 7.39. The highest BCUT2D eigenvalue weighted by Gasteiger charge is 2.07. The minimum Gasteiger partial charge on any atom is -0.325 e. The van der Waals surface area contributed by atoms with Crippen LogP contribution in [0.1, 0.15) is 16.8 Å². The van der Waals surface area contributed by atoms with Gasteiger partial charge >= 0.3 is 0 Å². The Bertz CT molecular complexity index is 927. The van der Waals surface area contributed by atoms with Crippen LogP contribution in [-0.4, -0.2) is 31.2 Å². The molecule has 0 aliphatic carbocycles. The van der Waals surface area contributed by atoms with Crippen LogP contribution in [0.15, 0.2) is 35.4 Å². The molecule has 124 valence electrons. The van der Waals surface area contributed by atoms with E-state index in [-0.39, 0.29) is 17.2 Å². The van der Waals surface area contributed by atoms with E-state index >= 15 is 0 Å². The highest BCUT2D eigenvalue weighted by molar-refractivity contribution is 7.99. The minimum absolute atomic E-state index is 0.0810. The largest absolute Gasteiger partial charge is 0.325 e. The van der Waals surface area contributed by atoms with E-state index in [0.717, 1.165) is 16.8 Å². The number of benzene rings is 1. The number of aromatic amines is 1. The third-order valence-electron chi connectivity index (χ3n) is 3.31. The lowest BCUT2D eigenvalue weighted by Crippen LogP contribution is -2.16. The first-order valence-corrected chi connectivity index (χ1v) is 8.55. The van der Waals surface area contributed by atoms with Gasteiger partial charge in [-0.1, -0.05) is 6.07 Å². The molecule has 7 nitrogen and oxygen atoms in total. The van der Waals surface area contributed by atoms with Gasteiger partial charge in [-0.3, -0.25) is 14.7 Å². The van der Waals surface area contributed by atoms with Crippen LogP contribution in [0.3, 0.4) is 0 Å². The topological polar surface area (TPSA) is 92.2 Å². The number of hydrogen-bond acceptors (Lipinski definition) is 5. The van der Waals surface area contributed by atoms with Gasteiger partial charge in [-0.15, -0.1) is 11.8 Å². The summed E-state index contributed by atoms with van der Waals surface area (Å²) in [5, 5.41) is 5.57. The molecule has 0 radical (unpaired) electrons. The van der Waals surface area contributed by atoms with Crippen LogP contribution in [-0.2, 0) is 10.5 Å². The van der Waals surface area contributed by atoms with Crippen LogP contribution in [0.5, 0.6) is 0 Å². The Kier molecular flexibility index (Phi) is 4.66. The summed E-state index contributed by atoms with van der Waals surface area (Å²) in [6, 6.07) is 7.37. The quantitative estimate of drug-likeness (QED) is 0.738. The van der Waals surface area contributed by atoms with E-state index < -0.39 is 0 Å². The van der Waals surface area contributed by atoms with Gasteiger partial charge < -0.3 is 5.32 Å². The third kappa shape index (κ3) is 3.83. The van der Waals surface area contributed by atoms with Gasteiger partial charge in [-0.2, -0.15) is 4.52 Å². The third-order valence-corrected chi connectivity index (χ3v) is 4.28. The standard InChI is InChI=1S/C16H17N5O2S/c1-10-3-11(2)5-12(4-10)19-14(22)8-24-7-13-6-15(23)21-16(20-13)17-9-18-21/h3-6,9H,7-8H2,1-2H3,(H,19,22)(H,17,18,20). The molecule has 0 saturated heterocycles. The summed E-state index contributed by atoms with van der Waals surface area (Å²) >= 11 is 1.40. The number of aromatic nitrogens is 4. The molecule has 2 aromatic heterocycles. The molecular weight excluding hydrogens is 326 g/mol. The van der Waals surface area contributed by atoms with Gasteiger partial charge in [0, 0.05) is 17.5 Å². The summed E-state index contributed by atoms with van der Waals surface area (Å²) in [5.41, 5.74) is 3.40. The number of rotatable bonds is 5. The van der Waals surface area contributed by atoms with E-state index in [1.165, 1.54) is 28.7 Å². The van der Waals surface area contributed by atoms with Crippen molar-refractivity contribution in [2.24, 2.45) is 0 Å². The van der Waals surface area contributed by atoms with E-state index in [1.807, 2.05) is 26.0 Å². The molecule has 2 N–H and O–H groups in total. The van der Waals surface area contributed by atoms with E-state index in [9.17, 15) is 9.59 Å². The Morgan fingerprint density at radius 3 is 2.75 bits per heavy atom. The molecule has 1 aromatic carbocycles. The Morgan fingerprint density at radius 2 is 2.00 bits per heavy atom. The number of amides is 1. The highest BCUT2D eigenvalue weighted by atomic mass is 32.2. The first-order chi connectivity index (χ1) is 11.5. The number of nitrogens with zero attached hydrogens (tertiary/aromatic N) is 3. The maximum Gasteiger partial charge on any atom is 0.274 e. The fraction of sp³-hybridized carbons (Fsp3) is 0.250. The van der Waals surface area contributed by atoms with Gasteiger partial charge in [0.2, 0.25) is 5.91 Å². The van der Waals surface area contributed by atoms with Crippen LogP contribution >= 0.6 is 11.8 Å². The number of hydrogen-bond donors (Lipinski definition) is 2. The summed E-state index contributed by atoms with van der Waals surface area (Å²) < 4.78 is 1.26. The molecule has 8 heteroatoms. The average molecular weight is 343 g/mol. The van der Waals surface area contributed by atoms with Gasteiger partial charge in [0.15, 0.2) is 0 Å². The molecule has 0 aliphatic heterocycles. The molecule has 0 atom stereocenters. The zero-order valence-corrected chi connectivity index (χ0v) is 14.2. The van der Waals surface area contributed by atoms with Crippen molar-refractivity contribution in [3.8, 4) is 0 Å². The van der Waals surface area contributed by atoms with Crippen LogP contribution in [0.4, 0.5) is 5.69 Å². The lowest BCUT2D eigenvalue weighted by molar-refractivity contribution is -0.113. The summed E-state index contributed by atoms with van der Waals surface area (Å²) in [7, 11) is 0. The summed E-state index contributed by atoms with van der Waals surface area (Å²) in [4.78, 5) is 32.1. The van der Waals surface area contributed by atoms with E-state index in [0.29, 0.717) is 17.2 Å². The summed E-state index contributed by atoms with van der Waals surface area (Å²) in [6.07, 6.45) is 1.41. The number of aryl methyl sites for hydroxylation is 2. The second-order valence-electron chi connectivity index (χ2n) is 5.53. The first kappa shape index (κ1) is 16.3. The molecule has 24 heavy (non-hydrogen) atoms. The van der Waals surface area contributed by atoms with Crippen LogP contribution in [0.25, 0.3) is 5.78 Å². The maximum atomic E-state index is 12.0. The average Bonchev–Trinajstić information content (AvgIpc) is 2.95. The molecule has 3 rings (SSSR count). The van der Waals surface area contributed by atoms with Crippen LogP contribution in [0, 0.1) is 13.8 Å². The van der Waals surface area contributed by atoms with Crippen molar-refractivity contribution in [3.63, 3.8) is 0 Å². The lowest BCUT2D eigenvalue weighted by atomic mass is 10.1. The molecule has 0 unspecified atom stereocenters.